The topological polar surface area (TPSA) is 32.8 Å². The lowest BCUT2D eigenvalue weighted by atomic mass is 9.67. The molecule has 0 N–H and O–H groups in total. The second-order valence-electron chi connectivity index (χ2n) is 23.8. The Kier molecular flexibility index (Phi) is 11.0. The van der Waals surface area contributed by atoms with Crippen molar-refractivity contribution in [2.75, 3.05) is 9.80 Å². The summed E-state index contributed by atoms with van der Waals surface area (Å²) in [5.41, 5.74) is 20.7. The predicted molar refractivity (Wildman–Crippen MR) is 332 cm³/mol. The zero-order valence-corrected chi connectivity index (χ0v) is 46.2. The Balaban J connectivity index is 1.08. The molecule has 0 saturated carbocycles. The third-order valence-corrected chi connectivity index (χ3v) is 16.7. The van der Waals surface area contributed by atoms with Gasteiger partial charge in [-0.3, -0.25) is 0 Å². The fourth-order valence-corrected chi connectivity index (χ4v) is 13.0. The van der Waals surface area contributed by atoms with Crippen LogP contribution in [-0.4, -0.2) is 0 Å². The van der Waals surface area contributed by atoms with Crippen molar-refractivity contribution in [1.29, 1.82) is 0 Å². The first-order chi connectivity index (χ1) is 38.3. The van der Waals surface area contributed by atoms with Crippen LogP contribution in [-0.2, 0) is 16.2 Å². The summed E-state index contributed by atoms with van der Waals surface area (Å²) in [5, 5.41) is 6.76. The third kappa shape index (κ3) is 7.49. The van der Waals surface area contributed by atoms with Crippen LogP contribution in [0.2, 0.25) is 0 Å². The quantitative estimate of drug-likeness (QED) is 0.152. The highest BCUT2D eigenvalue weighted by atomic mass is 16.3. The molecular weight excluding hydrogens is 961 g/mol. The third-order valence-electron chi connectivity index (χ3n) is 16.7. The lowest BCUT2D eigenvalue weighted by Crippen LogP contribution is -2.29. The molecule has 1 aliphatic rings. The highest BCUT2D eigenvalue weighted by Gasteiger charge is 2.48. The molecule has 0 atom stereocenters. The Bertz CT molecular complexity index is 4470. The molecule has 0 bridgehead atoms. The molecule has 0 radical (unpaired) electrons. The summed E-state index contributed by atoms with van der Waals surface area (Å²) in [4.78, 5) is 4.86. The van der Waals surface area contributed by atoms with E-state index in [0.29, 0.717) is 0 Å². The first-order valence-electron chi connectivity index (χ1n) is 27.7. The molecule has 1 aliphatic carbocycles. The monoisotopic (exact) mass is 1020 g/mol. The molecule has 4 nitrogen and oxygen atoms in total. The van der Waals surface area contributed by atoms with Crippen molar-refractivity contribution in [3.05, 3.63) is 275 Å². The van der Waals surface area contributed by atoms with Crippen LogP contribution >= 0.6 is 0 Å². The zero-order chi connectivity index (χ0) is 54.0. The second kappa shape index (κ2) is 18.0. The van der Waals surface area contributed by atoms with Gasteiger partial charge in [0.25, 0.3) is 0 Å². The molecule has 0 aliphatic heterocycles. The molecular formula is C75H62N2O2. The summed E-state index contributed by atoms with van der Waals surface area (Å²) in [6.45, 7) is 17.9. The molecule has 4 heteroatoms. The molecule has 79 heavy (non-hydrogen) atoms. The maximum atomic E-state index is 7.25. The molecule has 13 aromatic rings. The number of nitrogens with zero attached hydrogens (tertiary/aromatic N) is 2. The summed E-state index contributed by atoms with van der Waals surface area (Å²) in [7, 11) is 0. The fraction of sp³-hybridized carbons (Fsp3) is 0.147. The maximum absolute atomic E-state index is 7.25. The van der Waals surface area contributed by atoms with Crippen molar-refractivity contribution in [1.82, 2.24) is 0 Å². The van der Waals surface area contributed by atoms with Gasteiger partial charge in [0, 0.05) is 55.1 Å². The minimum Gasteiger partial charge on any atom is -0.454 e. The first kappa shape index (κ1) is 48.3. The minimum absolute atomic E-state index is 0.116. The summed E-state index contributed by atoms with van der Waals surface area (Å²) in [5.74, 6) is 0. The second-order valence-corrected chi connectivity index (χ2v) is 23.8. The standard InChI is InChI=1S/C75H62N2O2/c1-47-35-39-51(40-36-47)76(65-33-19-29-58-56-27-17-31-61(73(3,4)5)69(56)78-71(58)65)53-43-44-60-63(45-53)75(49-21-11-9-12-22-49,50-23-13-10-14-24-50)64-46-67(54-25-15-16-26-55(54)68(60)64)77(52-41-37-48(2)38-42-52)66-34-20-30-59-57-28-18-32-62(74(6,7)8)70(57)79-72(59)66/h9-46H,1-8H3. The van der Waals surface area contributed by atoms with E-state index in [1.54, 1.807) is 0 Å². The van der Waals surface area contributed by atoms with E-state index in [2.05, 4.69) is 296 Å². The number of para-hydroxylation sites is 4. The summed E-state index contributed by atoms with van der Waals surface area (Å²) in [6.07, 6.45) is 0. The number of anilines is 6. The lowest BCUT2D eigenvalue weighted by Gasteiger charge is -2.36. The van der Waals surface area contributed by atoms with Crippen LogP contribution in [0, 0.1) is 13.8 Å². The van der Waals surface area contributed by atoms with Crippen LogP contribution in [0.3, 0.4) is 0 Å². The van der Waals surface area contributed by atoms with Crippen LogP contribution in [0.1, 0.15) is 86.1 Å². The van der Waals surface area contributed by atoms with E-state index in [1.165, 1.54) is 61.0 Å². The van der Waals surface area contributed by atoms with Crippen molar-refractivity contribution >= 4 is 88.8 Å². The highest BCUT2D eigenvalue weighted by molar-refractivity contribution is 6.16. The molecule has 0 spiro atoms. The molecule has 0 fully saturated rings. The molecule has 0 amide bonds. The van der Waals surface area contributed by atoms with Crippen LogP contribution in [0.5, 0.6) is 0 Å². The van der Waals surface area contributed by atoms with Gasteiger partial charge in [-0.05, 0) is 118 Å². The number of benzene rings is 11. The van der Waals surface area contributed by atoms with Crippen LogP contribution in [0.15, 0.2) is 239 Å². The van der Waals surface area contributed by atoms with Gasteiger partial charge in [0.15, 0.2) is 11.2 Å². The van der Waals surface area contributed by atoms with E-state index in [9.17, 15) is 0 Å². The fourth-order valence-electron chi connectivity index (χ4n) is 13.0. The first-order valence-corrected chi connectivity index (χ1v) is 27.7. The van der Waals surface area contributed by atoms with Crippen molar-refractivity contribution in [3.8, 4) is 11.1 Å². The van der Waals surface area contributed by atoms with Gasteiger partial charge < -0.3 is 18.6 Å². The number of hydrogen-bond donors (Lipinski definition) is 0. The van der Waals surface area contributed by atoms with Gasteiger partial charge >= 0.3 is 0 Å². The van der Waals surface area contributed by atoms with Crippen LogP contribution in [0.4, 0.5) is 34.1 Å². The van der Waals surface area contributed by atoms with Crippen molar-refractivity contribution in [3.63, 3.8) is 0 Å². The molecule has 2 heterocycles. The Labute approximate surface area is 462 Å². The van der Waals surface area contributed by atoms with E-state index in [-0.39, 0.29) is 10.8 Å². The normalized spacial score (nSPS) is 13.2. The van der Waals surface area contributed by atoms with Crippen molar-refractivity contribution in [2.45, 2.75) is 71.6 Å². The van der Waals surface area contributed by atoms with Gasteiger partial charge in [0.05, 0.1) is 22.5 Å². The van der Waals surface area contributed by atoms with E-state index >= 15 is 0 Å². The molecule has 14 rings (SSSR count). The number of aryl methyl sites for hydroxylation is 2. The Morgan fingerprint density at radius 3 is 1.25 bits per heavy atom. The summed E-state index contributed by atoms with van der Waals surface area (Å²) < 4.78 is 14.4. The number of hydrogen-bond acceptors (Lipinski definition) is 4. The average Bonchev–Trinajstić information content (AvgIpc) is 4.27. The Hall–Kier alpha value is -9.12. The maximum Gasteiger partial charge on any atom is 0.159 e. The smallest absolute Gasteiger partial charge is 0.159 e. The summed E-state index contributed by atoms with van der Waals surface area (Å²) in [6, 6.07) is 85.4. The molecule has 2 aromatic heterocycles. The Morgan fingerprint density at radius 2 is 0.747 bits per heavy atom. The van der Waals surface area contributed by atoms with Gasteiger partial charge in [-0.25, -0.2) is 0 Å². The highest BCUT2D eigenvalue weighted by Crippen LogP contribution is 2.61. The van der Waals surface area contributed by atoms with Gasteiger partial charge in [0.1, 0.15) is 11.2 Å². The van der Waals surface area contributed by atoms with Gasteiger partial charge in [-0.2, -0.15) is 0 Å². The molecule has 0 saturated heterocycles. The van der Waals surface area contributed by atoms with Crippen LogP contribution < -0.4 is 9.80 Å². The van der Waals surface area contributed by atoms with E-state index < -0.39 is 5.41 Å². The lowest BCUT2D eigenvalue weighted by molar-refractivity contribution is 0.572. The molecule has 11 aromatic carbocycles. The minimum atomic E-state index is -0.778. The predicted octanol–water partition coefficient (Wildman–Crippen LogP) is 21.2. The van der Waals surface area contributed by atoms with E-state index in [1.807, 2.05) is 0 Å². The number of fused-ring (bicyclic) bond motifs is 11. The zero-order valence-electron chi connectivity index (χ0n) is 46.2. The largest absolute Gasteiger partial charge is 0.454 e. The van der Waals surface area contributed by atoms with Crippen LogP contribution in [0.25, 0.3) is 65.8 Å². The van der Waals surface area contributed by atoms with E-state index in [0.717, 1.165) is 83.4 Å². The number of rotatable bonds is 8. The van der Waals surface area contributed by atoms with Gasteiger partial charge in [-0.15, -0.1) is 0 Å². The molecule has 384 valence electrons. The van der Waals surface area contributed by atoms with Gasteiger partial charge in [0.2, 0.25) is 0 Å². The van der Waals surface area contributed by atoms with Crippen molar-refractivity contribution < 1.29 is 8.83 Å². The molecule has 0 unspecified atom stereocenters. The SMILES string of the molecule is Cc1ccc(N(c2ccc3c(c2)C(c2ccccc2)(c2ccccc2)c2cc(N(c4ccc(C)cc4)c4cccc5c4oc4c(C(C)(C)C)cccc45)c4ccccc4c2-3)c2cccc3c2oc2c(C(C)(C)C)cccc23)cc1. The average molecular weight is 1020 g/mol. The summed E-state index contributed by atoms with van der Waals surface area (Å²) >= 11 is 0. The van der Waals surface area contributed by atoms with Crippen molar-refractivity contribution in [2.24, 2.45) is 0 Å². The number of furan rings is 2. The van der Waals surface area contributed by atoms with E-state index in [4.69, 9.17) is 8.83 Å². The Morgan fingerprint density at radius 1 is 0.329 bits per heavy atom. The van der Waals surface area contributed by atoms with Gasteiger partial charge in [-0.1, -0.05) is 229 Å².